The molecule has 1 radical (unpaired) electrons. The number of rotatable bonds is 1. The van der Waals surface area contributed by atoms with Gasteiger partial charge in [0.05, 0.1) is 0 Å². The molecular weight excluding hydrogens is 84.0 g/mol. The Labute approximate surface area is 35.5 Å². The lowest BCUT2D eigenvalue weighted by Crippen LogP contribution is -1.93. The van der Waals surface area contributed by atoms with Gasteiger partial charge in [0.25, 0.3) is 0 Å². The molecule has 0 aliphatic rings. The van der Waals surface area contributed by atoms with E-state index in [-0.39, 0.29) is 0 Å². The molecule has 35 valence electrons. The molecule has 0 amide bonds. The number of carboxylic acid groups (broad SMARTS) is 1. The van der Waals surface area contributed by atoms with Gasteiger partial charge < -0.3 is 9.84 Å². The van der Waals surface area contributed by atoms with E-state index in [0.717, 1.165) is 6.61 Å². The Balaban J connectivity index is 2.83. The first-order valence-electron chi connectivity index (χ1n) is 1.44. The lowest BCUT2D eigenvalue weighted by Gasteiger charge is -1.86. The predicted molar refractivity (Wildman–Crippen MR) is 19.1 cm³/mol. The van der Waals surface area contributed by atoms with Crippen molar-refractivity contribution < 1.29 is 14.6 Å². The average molecular weight is 89.1 g/mol. The van der Waals surface area contributed by atoms with Crippen molar-refractivity contribution in [3.63, 3.8) is 0 Å². The van der Waals surface area contributed by atoms with Crippen molar-refractivity contribution in [1.29, 1.82) is 0 Å². The molecule has 0 aromatic rings. The van der Waals surface area contributed by atoms with Crippen molar-refractivity contribution in [1.82, 2.24) is 0 Å². The van der Waals surface area contributed by atoms with Crippen LogP contribution in [0.4, 0.5) is 4.79 Å². The Morgan fingerprint density at radius 3 is 2.50 bits per heavy atom. The minimum Gasteiger partial charge on any atom is -0.450 e. The Hall–Kier alpha value is -0.730. The summed E-state index contributed by atoms with van der Waals surface area (Å²) < 4.78 is 3.83. The van der Waals surface area contributed by atoms with E-state index in [9.17, 15) is 4.79 Å². The van der Waals surface area contributed by atoms with Gasteiger partial charge in [-0.05, 0) is 6.92 Å². The molecule has 0 atom stereocenters. The minimum atomic E-state index is -1.27. The normalized spacial score (nSPS) is 7.50. The van der Waals surface area contributed by atoms with E-state index >= 15 is 0 Å². The van der Waals surface area contributed by atoms with Gasteiger partial charge in [0.15, 0.2) is 0 Å². The molecule has 0 unspecified atom stereocenters. The lowest BCUT2D eigenvalue weighted by molar-refractivity contribution is 0.116. The van der Waals surface area contributed by atoms with Crippen LogP contribution >= 0.6 is 0 Å². The van der Waals surface area contributed by atoms with Crippen LogP contribution in [0.3, 0.4) is 0 Å². The number of carbonyl (C=O) groups is 1. The Bertz CT molecular complexity index is 50.0. The molecule has 0 bridgehead atoms. The Morgan fingerprint density at radius 2 is 2.50 bits per heavy atom. The fraction of sp³-hybridized carbons (Fsp3) is 0.333. The summed E-state index contributed by atoms with van der Waals surface area (Å²) in [4.78, 5) is 9.35. The molecule has 0 rings (SSSR count). The molecule has 3 nitrogen and oxygen atoms in total. The van der Waals surface area contributed by atoms with Crippen LogP contribution in [0.15, 0.2) is 0 Å². The summed E-state index contributed by atoms with van der Waals surface area (Å²) in [5.41, 5.74) is 0. The summed E-state index contributed by atoms with van der Waals surface area (Å²) in [6.45, 7) is 2.59. The maximum Gasteiger partial charge on any atom is 0.506 e. The highest BCUT2D eigenvalue weighted by Gasteiger charge is 1.87. The van der Waals surface area contributed by atoms with Crippen LogP contribution in [0.25, 0.3) is 0 Å². The Kier molecular flexibility index (Phi) is 2.20. The van der Waals surface area contributed by atoms with Crippen LogP contribution in [0.1, 0.15) is 6.92 Å². The van der Waals surface area contributed by atoms with E-state index in [0.29, 0.717) is 0 Å². The van der Waals surface area contributed by atoms with Crippen LogP contribution < -0.4 is 0 Å². The first-order valence-corrected chi connectivity index (χ1v) is 1.44. The summed E-state index contributed by atoms with van der Waals surface area (Å²) in [5.74, 6) is 0. The highest BCUT2D eigenvalue weighted by atomic mass is 16.7. The molecule has 0 heterocycles. The molecule has 0 saturated carbocycles. The second-order valence-corrected chi connectivity index (χ2v) is 0.619. The first-order chi connectivity index (χ1) is 2.77. The molecule has 0 aromatic heterocycles. The molecule has 1 N–H and O–H groups in total. The van der Waals surface area contributed by atoms with E-state index in [1.165, 1.54) is 6.92 Å². The van der Waals surface area contributed by atoms with Gasteiger partial charge in [0, 0.05) is 0 Å². The molecule has 0 saturated heterocycles. The van der Waals surface area contributed by atoms with E-state index in [1.807, 2.05) is 0 Å². The van der Waals surface area contributed by atoms with Gasteiger partial charge in [0.2, 0.25) is 0 Å². The van der Waals surface area contributed by atoms with Gasteiger partial charge in [-0.25, -0.2) is 4.79 Å². The van der Waals surface area contributed by atoms with E-state index in [1.54, 1.807) is 0 Å². The van der Waals surface area contributed by atoms with Crippen LogP contribution in [0.2, 0.25) is 0 Å². The topological polar surface area (TPSA) is 46.5 Å². The van der Waals surface area contributed by atoms with Gasteiger partial charge in [-0.3, -0.25) is 0 Å². The van der Waals surface area contributed by atoms with Gasteiger partial charge >= 0.3 is 6.16 Å². The third-order valence-electron chi connectivity index (χ3n) is 0.219. The average Bonchev–Trinajstić information content (AvgIpc) is 1.35. The summed E-state index contributed by atoms with van der Waals surface area (Å²) in [6, 6.07) is 0. The van der Waals surface area contributed by atoms with Gasteiger partial charge in [-0.15, -0.1) is 0 Å². The van der Waals surface area contributed by atoms with Crippen molar-refractivity contribution in [3.8, 4) is 0 Å². The zero-order valence-corrected chi connectivity index (χ0v) is 3.34. The first kappa shape index (κ1) is 5.27. The zero-order chi connectivity index (χ0) is 4.99. The van der Waals surface area contributed by atoms with Crippen molar-refractivity contribution >= 4 is 6.16 Å². The van der Waals surface area contributed by atoms with Crippen LogP contribution in [-0.4, -0.2) is 11.3 Å². The standard InChI is InChI=1S/C3H5O3/c1-2-6-3(4)5/h2H,1H3,(H,4,5). The van der Waals surface area contributed by atoms with E-state index in [2.05, 4.69) is 4.74 Å². The number of hydrogen-bond acceptors (Lipinski definition) is 2. The largest absolute Gasteiger partial charge is 0.506 e. The quantitative estimate of drug-likeness (QED) is 0.484. The lowest BCUT2D eigenvalue weighted by atomic mass is 10.9. The SMILES string of the molecule is C[CH]OC(=O)O. The van der Waals surface area contributed by atoms with Crippen molar-refractivity contribution in [2.45, 2.75) is 6.92 Å². The van der Waals surface area contributed by atoms with Crippen LogP contribution in [-0.2, 0) is 4.74 Å². The summed E-state index contributed by atoms with van der Waals surface area (Å²) in [6.07, 6.45) is -1.27. The molecule has 3 heteroatoms. The summed E-state index contributed by atoms with van der Waals surface area (Å²) in [5, 5.41) is 7.66. The molecule has 6 heavy (non-hydrogen) atoms. The number of ether oxygens (including phenoxy) is 1. The smallest absolute Gasteiger partial charge is 0.450 e. The van der Waals surface area contributed by atoms with Gasteiger partial charge in [0.1, 0.15) is 6.61 Å². The van der Waals surface area contributed by atoms with E-state index in [4.69, 9.17) is 5.11 Å². The predicted octanol–water partition coefficient (Wildman–Crippen LogP) is 0.863. The second kappa shape index (κ2) is 2.50. The molecule has 0 aliphatic carbocycles. The van der Waals surface area contributed by atoms with Crippen LogP contribution in [0, 0.1) is 6.61 Å². The monoisotopic (exact) mass is 89.0 g/mol. The number of hydrogen-bond donors (Lipinski definition) is 1. The summed E-state index contributed by atoms with van der Waals surface area (Å²) >= 11 is 0. The molecule has 0 aromatic carbocycles. The molecule has 0 aliphatic heterocycles. The highest BCUT2D eigenvalue weighted by molar-refractivity contribution is 5.57. The fourth-order valence-corrected chi connectivity index (χ4v) is 0.101. The summed E-state index contributed by atoms with van der Waals surface area (Å²) in [7, 11) is 0. The highest BCUT2D eigenvalue weighted by Crippen LogP contribution is 1.76. The maximum atomic E-state index is 9.35. The third kappa shape index (κ3) is 3.27. The maximum absolute atomic E-state index is 9.35. The van der Waals surface area contributed by atoms with Crippen molar-refractivity contribution in [2.75, 3.05) is 0 Å². The van der Waals surface area contributed by atoms with Gasteiger partial charge in [-0.1, -0.05) is 0 Å². The Morgan fingerprint density at radius 1 is 2.00 bits per heavy atom. The van der Waals surface area contributed by atoms with E-state index < -0.39 is 6.16 Å². The third-order valence-corrected chi connectivity index (χ3v) is 0.219. The fourth-order valence-electron chi connectivity index (χ4n) is 0.101. The van der Waals surface area contributed by atoms with Crippen LogP contribution in [0.5, 0.6) is 0 Å². The van der Waals surface area contributed by atoms with Crippen molar-refractivity contribution in [3.05, 3.63) is 6.61 Å². The minimum absolute atomic E-state index is 1.10. The molecule has 0 fully saturated rings. The second-order valence-electron chi connectivity index (χ2n) is 0.619. The molecular formula is C3H5O3. The zero-order valence-electron chi connectivity index (χ0n) is 3.34. The van der Waals surface area contributed by atoms with Gasteiger partial charge in [-0.2, -0.15) is 0 Å². The molecule has 0 spiro atoms. The van der Waals surface area contributed by atoms with Crippen molar-refractivity contribution in [2.24, 2.45) is 0 Å².